The Balaban J connectivity index is 1.25. The van der Waals surface area contributed by atoms with Gasteiger partial charge in [0, 0.05) is 29.2 Å². The third kappa shape index (κ3) is 4.40. The number of aromatic nitrogens is 5. The van der Waals surface area contributed by atoms with E-state index >= 15 is 0 Å². The maximum atomic E-state index is 12.1. The van der Waals surface area contributed by atoms with E-state index in [1.54, 1.807) is 26.3 Å². The molecule has 0 saturated heterocycles. The first-order chi connectivity index (χ1) is 14.6. The molecule has 2 heterocycles. The highest BCUT2D eigenvalue weighted by molar-refractivity contribution is 5.84. The fraction of sp³-hybridized carbons (Fsp3) is 0.238. The fourth-order valence-corrected chi connectivity index (χ4v) is 3.13. The average molecular weight is 406 g/mol. The lowest BCUT2D eigenvalue weighted by molar-refractivity contribution is -0.123. The molecular weight excluding hydrogens is 384 g/mol. The maximum absolute atomic E-state index is 12.1. The summed E-state index contributed by atoms with van der Waals surface area (Å²) in [5, 5.41) is 15.9. The number of carbonyl (C=O) groups is 1. The topological polar surface area (TPSA) is 107 Å². The average Bonchev–Trinajstić information content (AvgIpc) is 3.38. The van der Waals surface area contributed by atoms with Crippen LogP contribution in [0.15, 0.2) is 48.7 Å². The van der Waals surface area contributed by atoms with Gasteiger partial charge in [0.2, 0.25) is 5.82 Å². The third-order valence-electron chi connectivity index (χ3n) is 4.68. The van der Waals surface area contributed by atoms with E-state index in [0.717, 1.165) is 27.8 Å². The number of benzene rings is 2. The molecule has 0 bridgehead atoms. The maximum Gasteiger partial charge on any atom is 0.257 e. The van der Waals surface area contributed by atoms with Gasteiger partial charge in [0.1, 0.15) is 11.5 Å². The van der Waals surface area contributed by atoms with E-state index < -0.39 is 0 Å². The van der Waals surface area contributed by atoms with Crippen molar-refractivity contribution in [2.24, 2.45) is 7.05 Å². The lowest BCUT2D eigenvalue weighted by Gasteiger charge is -2.08. The number of aryl methyl sites for hydroxylation is 1. The molecule has 9 nitrogen and oxygen atoms in total. The number of aromatic amines is 1. The van der Waals surface area contributed by atoms with Gasteiger partial charge < -0.3 is 19.8 Å². The van der Waals surface area contributed by atoms with E-state index in [9.17, 15) is 4.79 Å². The van der Waals surface area contributed by atoms with Crippen LogP contribution >= 0.6 is 0 Å². The van der Waals surface area contributed by atoms with E-state index in [4.69, 9.17) is 9.47 Å². The van der Waals surface area contributed by atoms with E-state index in [2.05, 4.69) is 25.7 Å². The largest absolute Gasteiger partial charge is 0.497 e. The summed E-state index contributed by atoms with van der Waals surface area (Å²) in [6, 6.07) is 13.1. The van der Waals surface area contributed by atoms with Crippen molar-refractivity contribution in [1.82, 2.24) is 30.5 Å². The summed E-state index contributed by atoms with van der Waals surface area (Å²) in [5.41, 5.74) is 2.99. The minimum absolute atomic E-state index is 0.0511. The SMILES string of the molecule is COc1ccc2[nH]cc(CCNC(=O)COc3ccc(-c4nnn(C)n4)cc3)c2c1. The van der Waals surface area contributed by atoms with Gasteiger partial charge in [-0.3, -0.25) is 4.79 Å². The lowest BCUT2D eigenvalue weighted by atomic mass is 10.1. The van der Waals surface area contributed by atoms with Gasteiger partial charge in [-0.05, 0) is 59.7 Å². The van der Waals surface area contributed by atoms with Gasteiger partial charge in [-0.25, -0.2) is 0 Å². The molecule has 1 amide bonds. The van der Waals surface area contributed by atoms with Crippen molar-refractivity contribution in [1.29, 1.82) is 0 Å². The summed E-state index contributed by atoms with van der Waals surface area (Å²) in [6.07, 6.45) is 2.67. The molecular formula is C21H22N6O3. The van der Waals surface area contributed by atoms with Gasteiger partial charge in [0.25, 0.3) is 5.91 Å². The molecule has 154 valence electrons. The normalized spacial score (nSPS) is 10.9. The second kappa shape index (κ2) is 8.64. The Labute approximate surface area is 173 Å². The van der Waals surface area contributed by atoms with Crippen molar-refractivity contribution in [3.8, 4) is 22.9 Å². The number of methoxy groups -OCH3 is 1. The van der Waals surface area contributed by atoms with Crippen molar-refractivity contribution in [3.05, 3.63) is 54.2 Å². The van der Waals surface area contributed by atoms with Crippen molar-refractivity contribution in [2.45, 2.75) is 6.42 Å². The zero-order valence-corrected chi connectivity index (χ0v) is 16.8. The molecule has 0 radical (unpaired) electrons. The standard InChI is InChI=1S/C21H22N6O3/c1-27-25-21(24-26-27)14-3-5-16(6-4-14)30-13-20(28)22-10-9-15-12-23-19-8-7-17(29-2)11-18(15)19/h3-8,11-12,23H,9-10,13H2,1-2H3,(H,22,28). The van der Waals surface area contributed by atoms with E-state index in [1.165, 1.54) is 4.80 Å². The molecule has 0 fully saturated rings. The Morgan fingerprint density at radius 2 is 1.97 bits per heavy atom. The van der Waals surface area contributed by atoms with Crippen LogP contribution in [0.3, 0.4) is 0 Å². The molecule has 0 aliphatic carbocycles. The van der Waals surface area contributed by atoms with E-state index in [-0.39, 0.29) is 12.5 Å². The molecule has 4 aromatic rings. The molecule has 2 N–H and O–H groups in total. The molecule has 9 heteroatoms. The number of carbonyl (C=O) groups excluding carboxylic acids is 1. The monoisotopic (exact) mass is 406 g/mol. The van der Waals surface area contributed by atoms with Crippen LogP contribution in [0.25, 0.3) is 22.3 Å². The number of rotatable bonds is 8. The Morgan fingerprint density at radius 3 is 2.70 bits per heavy atom. The number of hydrogen-bond donors (Lipinski definition) is 2. The first-order valence-corrected chi connectivity index (χ1v) is 9.50. The predicted molar refractivity (Wildman–Crippen MR) is 111 cm³/mol. The Morgan fingerprint density at radius 1 is 1.17 bits per heavy atom. The van der Waals surface area contributed by atoms with Crippen LogP contribution in [0.1, 0.15) is 5.56 Å². The zero-order chi connectivity index (χ0) is 20.9. The number of ether oxygens (including phenoxy) is 2. The summed E-state index contributed by atoms with van der Waals surface area (Å²) in [4.78, 5) is 16.7. The number of amides is 1. The summed E-state index contributed by atoms with van der Waals surface area (Å²) in [7, 11) is 3.36. The van der Waals surface area contributed by atoms with Crippen LogP contribution in [-0.2, 0) is 18.3 Å². The van der Waals surface area contributed by atoms with Crippen LogP contribution in [0, 0.1) is 0 Å². The summed E-state index contributed by atoms with van der Waals surface area (Å²) < 4.78 is 10.8. The highest BCUT2D eigenvalue weighted by Crippen LogP contribution is 2.23. The van der Waals surface area contributed by atoms with Gasteiger partial charge in [0.15, 0.2) is 6.61 Å². The van der Waals surface area contributed by atoms with Crippen LogP contribution in [0.2, 0.25) is 0 Å². The molecule has 4 rings (SSSR count). The first-order valence-electron chi connectivity index (χ1n) is 9.50. The summed E-state index contributed by atoms with van der Waals surface area (Å²) in [6.45, 7) is 0.466. The Bertz CT molecular complexity index is 1150. The molecule has 30 heavy (non-hydrogen) atoms. The molecule has 0 saturated carbocycles. The zero-order valence-electron chi connectivity index (χ0n) is 16.8. The lowest BCUT2D eigenvalue weighted by Crippen LogP contribution is -2.30. The van der Waals surface area contributed by atoms with Gasteiger partial charge >= 0.3 is 0 Å². The molecule has 2 aromatic heterocycles. The number of hydrogen-bond acceptors (Lipinski definition) is 6. The highest BCUT2D eigenvalue weighted by Gasteiger charge is 2.08. The first kappa shape index (κ1) is 19.4. The summed E-state index contributed by atoms with van der Waals surface area (Å²) in [5.74, 6) is 1.77. The minimum Gasteiger partial charge on any atom is -0.497 e. The molecule has 2 aromatic carbocycles. The number of fused-ring (bicyclic) bond motifs is 1. The Hall–Kier alpha value is -3.88. The van der Waals surface area contributed by atoms with Crippen LogP contribution in [-0.4, -0.2) is 51.4 Å². The predicted octanol–water partition coefficient (Wildman–Crippen LogP) is 2.10. The smallest absolute Gasteiger partial charge is 0.257 e. The molecule has 0 atom stereocenters. The van der Waals surface area contributed by atoms with Crippen LogP contribution in [0.4, 0.5) is 0 Å². The van der Waals surface area contributed by atoms with Gasteiger partial charge in [-0.2, -0.15) is 4.80 Å². The van der Waals surface area contributed by atoms with Crippen LogP contribution in [0.5, 0.6) is 11.5 Å². The van der Waals surface area contributed by atoms with Crippen molar-refractivity contribution >= 4 is 16.8 Å². The van der Waals surface area contributed by atoms with E-state index in [0.29, 0.717) is 24.5 Å². The Kier molecular flexibility index (Phi) is 5.60. The van der Waals surface area contributed by atoms with Gasteiger partial charge in [0.05, 0.1) is 14.2 Å². The second-order valence-electron chi connectivity index (χ2n) is 6.74. The van der Waals surface area contributed by atoms with E-state index in [1.807, 2.05) is 36.5 Å². The quantitative estimate of drug-likeness (QED) is 0.464. The number of tetrazole rings is 1. The molecule has 0 unspecified atom stereocenters. The van der Waals surface area contributed by atoms with Gasteiger partial charge in [-0.1, -0.05) is 0 Å². The van der Waals surface area contributed by atoms with Crippen LogP contribution < -0.4 is 14.8 Å². The third-order valence-corrected chi connectivity index (χ3v) is 4.68. The number of nitrogens with one attached hydrogen (secondary N) is 2. The van der Waals surface area contributed by atoms with Crippen molar-refractivity contribution in [3.63, 3.8) is 0 Å². The van der Waals surface area contributed by atoms with Gasteiger partial charge in [-0.15, -0.1) is 10.2 Å². The second-order valence-corrected chi connectivity index (χ2v) is 6.74. The fourth-order valence-electron chi connectivity index (χ4n) is 3.13. The van der Waals surface area contributed by atoms with Crippen molar-refractivity contribution in [2.75, 3.05) is 20.3 Å². The number of nitrogens with zero attached hydrogens (tertiary/aromatic N) is 4. The molecule has 0 aliphatic rings. The minimum atomic E-state index is -0.174. The molecule has 0 spiro atoms. The number of H-pyrrole nitrogens is 1. The highest BCUT2D eigenvalue weighted by atomic mass is 16.5. The summed E-state index contributed by atoms with van der Waals surface area (Å²) >= 11 is 0. The van der Waals surface area contributed by atoms with Crippen molar-refractivity contribution < 1.29 is 14.3 Å². The molecule has 0 aliphatic heterocycles.